The second kappa shape index (κ2) is 8.39. The van der Waals surface area contributed by atoms with Gasteiger partial charge in [0.25, 0.3) is 0 Å². The average molecular weight is 363 g/mol. The van der Waals surface area contributed by atoms with Crippen LogP contribution in [0.1, 0.15) is 42.6 Å². The standard InChI is InChI=1S/C19H34N6O/c1-15-17(16(2)24(4)23-15)13-21-18(20-3)22-14-19(7-11-26-12-8-19)25-9-5-6-10-25/h5-14H2,1-4H3,(H2,20,21,22). The summed E-state index contributed by atoms with van der Waals surface area (Å²) >= 11 is 0. The number of hydrogen-bond acceptors (Lipinski definition) is 4. The monoisotopic (exact) mass is 362 g/mol. The van der Waals surface area contributed by atoms with E-state index in [1.165, 1.54) is 37.2 Å². The summed E-state index contributed by atoms with van der Waals surface area (Å²) in [6.45, 7) is 9.97. The third-order valence-electron chi connectivity index (χ3n) is 6.10. The van der Waals surface area contributed by atoms with Crippen LogP contribution >= 0.6 is 0 Å². The predicted molar refractivity (Wildman–Crippen MR) is 104 cm³/mol. The molecule has 0 amide bonds. The van der Waals surface area contributed by atoms with Crippen LogP contribution in [0.3, 0.4) is 0 Å². The van der Waals surface area contributed by atoms with Gasteiger partial charge < -0.3 is 15.4 Å². The van der Waals surface area contributed by atoms with Crippen molar-refractivity contribution in [2.75, 3.05) is 39.9 Å². The van der Waals surface area contributed by atoms with E-state index in [1.54, 1.807) is 0 Å². The molecule has 1 aromatic heterocycles. The van der Waals surface area contributed by atoms with E-state index >= 15 is 0 Å². The lowest BCUT2D eigenvalue weighted by molar-refractivity contribution is -0.0164. The Labute approximate surface area is 157 Å². The number of ether oxygens (including phenoxy) is 1. The molecule has 0 saturated carbocycles. The van der Waals surface area contributed by atoms with Gasteiger partial charge in [-0.05, 0) is 52.6 Å². The van der Waals surface area contributed by atoms with Crippen molar-refractivity contribution < 1.29 is 4.74 Å². The molecule has 0 bridgehead atoms. The second-order valence-electron chi connectivity index (χ2n) is 7.58. The highest BCUT2D eigenvalue weighted by Gasteiger charge is 2.39. The van der Waals surface area contributed by atoms with Crippen LogP contribution in [0.15, 0.2) is 4.99 Å². The Bertz CT molecular complexity index is 626. The number of hydrogen-bond donors (Lipinski definition) is 2. The Kier molecular flexibility index (Phi) is 6.19. The number of likely N-dealkylation sites (tertiary alicyclic amines) is 1. The van der Waals surface area contributed by atoms with Gasteiger partial charge in [-0.25, -0.2) is 0 Å². The van der Waals surface area contributed by atoms with Gasteiger partial charge in [0.05, 0.1) is 5.69 Å². The first-order chi connectivity index (χ1) is 12.6. The molecule has 7 heteroatoms. The fourth-order valence-corrected chi connectivity index (χ4v) is 4.26. The number of guanidine groups is 1. The van der Waals surface area contributed by atoms with Gasteiger partial charge in [-0.2, -0.15) is 5.10 Å². The lowest BCUT2D eigenvalue weighted by atomic mass is 9.88. The minimum Gasteiger partial charge on any atom is -0.381 e. The maximum atomic E-state index is 5.64. The number of rotatable bonds is 5. The highest BCUT2D eigenvalue weighted by Crippen LogP contribution is 2.30. The zero-order valence-electron chi connectivity index (χ0n) is 16.8. The van der Waals surface area contributed by atoms with Crippen molar-refractivity contribution in [2.24, 2.45) is 12.0 Å². The number of aryl methyl sites for hydroxylation is 2. The fourth-order valence-electron chi connectivity index (χ4n) is 4.26. The summed E-state index contributed by atoms with van der Waals surface area (Å²) in [4.78, 5) is 7.10. The number of aromatic nitrogens is 2. The molecule has 1 aromatic rings. The van der Waals surface area contributed by atoms with Crippen molar-refractivity contribution in [3.8, 4) is 0 Å². The molecular formula is C19H34N6O. The van der Waals surface area contributed by atoms with Gasteiger partial charge in [-0.15, -0.1) is 0 Å². The van der Waals surface area contributed by atoms with Gasteiger partial charge in [-0.1, -0.05) is 0 Å². The zero-order chi connectivity index (χ0) is 18.6. The summed E-state index contributed by atoms with van der Waals surface area (Å²) in [5.74, 6) is 0.859. The molecule has 0 radical (unpaired) electrons. The molecule has 146 valence electrons. The topological polar surface area (TPSA) is 66.7 Å². The first kappa shape index (κ1) is 19.2. The van der Waals surface area contributed by atoms with E-state index < -0.39 is 0 Å². The maximum absolute atomic E-state index is 5.64. The van der Waals surface area contributed by atoms with Crippen molar-refractivity contribution in [1.29, 1.82) is 0 Å². The first-order valence-corrected chi connectivity index (χ1v) is 9.82. The molecule has 2 fully saturated rings. The molecule has 26 heavy (non-hydrogen) atoms. The van der Waals surface area contributed by atoms with E-state index in [2.05, 4.69) is 39.5 Å². The van der Waals surface area contributed by atoms with Crippen LogP contribution < -0.4 is 10.6 Å². The molecule has 3 heterocycles. The molecule has 0 aromatic carbocycles. The van der Waals surface area contributed by atoms with E-state index in [0.29, 0.717) is 0 Å². The van der Waals surface area contributed by atoms with Gasteiger partial charge in [0.15, 0.2) is 5.96 Å². The average Bonchev–Trinajstić information content (AvgIpc) is 3.27. The Morgan fingerprint density at radius 1 is 1.19 bits per heavy atom. The molecule has 7 nitrogen and oxygen atoms in total. The van der Waals surface area contributed by atoms with Gasteiger partial charge in [-0.3, -0.25) is 14.6 Å². The highest BCUT2D eigenvalue weighted by molar-refractivity contribution is 5.79. The molecule has 2 N–H and O–H groups in total. The minimum absolute atomic E-state index is 0.201. The predicted octanol–water partition coefficient (Wildman–Crippen LogP) is 1.35. The molecule has 0 unspecified atom stereocenters. The quantitative estimate of drug-likeness (QED) is 0.611. The van der Waals surface area contributed by atoms with Crippen LogP contribution in [0.5, 0.6) is 0 Å². The highest BCUT2D eigenvalue weighted by atomic mass is 16.5. The summed E-state index contributed by atoms with van der Waals surface area (Å²) < 4.78 is 7.58. The zero-order valence-corrected chi connectivity index (χ0v) is 16.8. The number of nitrogens with one attached hydrogen (secondary N) is 2. The summed E-state index contributed by atoms with van der Waals surface area (Å²) in [5.41, 5.74) is 3.72. The smallest absolute Gasteiger partial charge is 0.191 e. The normalized spacial score (nSPS) is 21.2. The van der Waals surface area contributed by atoms with E-state index in [4.69, 9.17) is 4.74 Å². The fraction of sp³-hybridized carbons (Fsp3) is 0.789. The molecule has 2 aliphatic heterocycles. The van der Waals surface area contributed by atoms with E-state index in [-0.39, 0.29) is 5.54 Å². The second-order valence-corrected chi connectivity index (χ2v) is 7.58. The summed E-state index contributed by atoms with van der Waals surface area (Å²) in [7, 11) is 3.83. The lowest BCUT2D eigenvalue weighted by Gasteiger charge is -2.45. The molecule has 3 rings (SSSR count). The largest absolute Gasteiger partial charge is 0.381 e. The Morgan fingerprint density at radius 2 is 1.88 bits per heavy atom. The van der Waals surface area contributed by atoms with Crippen LogP contribution in [-0.2, 0) is 18.3 Å². The molecule has 2 aliphatic rings. The first-order valence-electron chi connectivity index (χ1n) is 9.82. The van der Waals surface area contributed by atoms with Crippen LogP contribution in [0.4, 0.5) is 0 Å². The van der Waals surface area contributed by atoms with E-state index in [1.807, 2.05) is 18.8 Å². The summed E-state index contributed by atoms with van der Waals surface area (Å²) in [5, 5.41) is 11.5. The third-order valence-corrected chi connectivity index (χ3v) is 6.10. The molecule has 2 saturated heterocycles. The van der Waals surface area contributed by atoms with E-state index in [0.717, 1.165) is 50.8 Å². The van der Waals surface area contributed by atoms with Crippen molar-refractivity contribution in [3.63, 3.8) is 0 Å². The van der Waals surface area contributed by atoms with Gasteiger partial charge in [0, 0.05) is 57.2 Å². The molecule has 0 aliphatic carbocycles. The van der Waals surface area contributed by atoms with Crippen molar-refractivity contribution >= 4 is 5.96 Å². The maximum Gasteiger partial charge on any atom is 0.191 e. The van der Waals surface area contributed by atoms with Crippen LogP contribution in [-0.4, -0.2) is 66.1 Å². The van der Waals surface area contributed by atoms with Gasteiger partial charge in [0.2, 0.25) is 0 Å². The van der Waals surface area contributed by atoms with Crippen LogP contribution in [0.25, 0.3) is 0 Å². The molecule has 0 spiro atoms. The van der Waals surface area contributed by atoms with Crippen LogP contribution in [0.2, 0.25) is 0 Å². The minimum atomic E-state index is 0.201. The van der Waals surface area contributed by atoms with E-state index in [9.17, 15) is 0 Å². The number of nitrogens with zero attached hydrogens (tertiary/aromatic N) is 4. The number of aliphatic imine (C=N–C) groups is 1. The Hall–Kier alpha value is -1.60. The van der Waals surface area contributed by atoms with Gasteiger partial charge >= 0.3 is 0 Å². The SMILES string of the molecule is CN=C(NCc1c(C)nn(C)c1C)NCC1(N2CCCC2)CCOCC1. The summed E-state index contributed by atoms with van der Waals surface area (Å²) in [6, 6.07) is 0. The van der Waals surface area contributed by atoms with Crippen molar-refractivity contribution in [1.82, 2.24) is 25.3 Å². The third kappa shape index (κ3) is 4.04. The van der Waals surface area contributed by atoms with Crippen molar-refractivity contribution in [2.45, 2.75) is 51.6 Å². The summed E-state index contributed by atoms with van der Waals surface area (Å²) in [6.07, 6.45) is 4.82. The Balaban J connectivity index is 1.60. The van der Waals surface area contributed by atoms with Crippen LogP contribution in [0, 0.1) is 13.8 Å². The molecule has 0 atom stereocenters. The Morgan fingerprint density at radius 3 is 2.46 bits per heavy atom. The van der Waals surface area contributed by atoms with Gasteiger partial charge in [0.1, 0.15) is 0 Å². The lowest BCUT2D eigenvalue weighted by Crippen LogP contribution is -2.58. The molecular weight excluding hydrogens is 328 g/mol. The van der Waals surface area contributed by atoms with Crippen molar-refractivity contribution in [3.05, 3.63) is 17.0 Å².